The Kier molecular flexibility index (Phi) is 1.85. The molecule has 5 rings (SSSR count). The summed E-state index contributed by atoms with van der Waals surface area (Å²) in [4.78, 5) is 14.0. The number of fused-ring (bicyclic) bond motifs is 1. The molecule has 4 fully saturated rings. The summed E-state index contributed by atoms with van der Waals surface area (Å²) in [6.07, 6.45) is 6.24. The van der Waals surface area contributed by atoms with Crippen molar-refractivity contribution in [1.29, 1.82) is 0 Å². The van der Waals surface area contributed by atoms with E-state index in [-0.39, 0.29) is 18.1 Å². The van der Waals surface area contributed by atoms with Gasteiger partial charge in [0.15, 0.2) is 5.60 Å². The lowest BCUT2D eigenvalue weighted by molar-refractivity contribution is -0.188. The number of aliphatic hydroxyl groups is 1. The normalized spacial score (nSPS) is 48.4. The number of ether oxygens (including phenoxy) is 1. The van der Waals surface area contributed by atoms with Crippen molar-refractivity contribution in [3.63, 3.8) is 0 Å². The monoisotopic (exact) mass is 235 g/mol. The lowest BCUT2D eigenvalue weighted by atomic mass is 9.64. The minimum Gasteiger partial charge on any atom is -0.450 e. The molecule has 4 heterocycles. The van der Waals surface area contributed by atoms with Gasteiger partial charge < -0.3 is 9.84 Å². The van der Waals surface area contributed by atoms with Crippen molar-refractivity contribution in [3.8, 4) is 0 Å². The summed E-state index contributed by atoms with van der Waals surface area (Å²) < 4.78 is 5.65. The van der Waals surface area contributed by atoms with Gasteiger partial charge in [-0.3, -0.25) is 4.90 Å². The summed E-state index contributed by atoms with van der Waals surface area (Å²) in [7, 11) is 0. The summed E-state index contributed by atoms with van der Waals surface area (Å²) in [5, 5.41) is 10.2. The quantitative estimate of drug-likeness (QED) is 0.625. The predicted octanol–water partition coefficient (Wildman–Crippen LogP) is 0.600. The van der Waals surface area contributed by atoms with Gasteiger partial charge in [-0.2, -0.15) is 0 Å². The second-order valence-corrected chi connectivity index (χ2v) is 5.77. The summed E-state index contributed by atoms with van der Waals surface area (Å²) in [5.74, 6) is -0.208. The summed E-state index contributed by atoms with van der Waals surface area (Å²) in [6, 6.07) is 0.527. The van der Waals surface area contributed by atoms with Crippen LogP contribution < -0.4 is 0 Å². The second-order valence-electron chi connectivity index (χ2n) is 5.77. The molecule has 0 unspecified atom stereocenters. The highest BCUT2D eigenvalue weighted by Gasteiger charge is 2.62. The fraction of sp³-hybridized carbons (Fsp3) is 0.769. The minimum atomic E-state index is -0.480. The number of nitrogens with zero attached hydrogens (tertiary/aromatic N) is 1. The fourth-order valence-corrected chi connectivity index (χ4v) is 4.36. The van der Waals surface area contributed by atoms with Crippen LogP contribution in [0.25, 0.3) is 0 Å². The van der Waals surface area contributed by atoms with Crippen LogP contribution in [0.2, 0.25) is 0 Å². The summed E-state index contributed by atoms with van der Waals surface area (Å²) in [6.45, 7) is 1.04. The first-order valence-electron chi connectivity index (χ1n) is 6.58. The molecule has 2 bridgehead atoms. The van der Waals surface area contributed by atoms with Gasteiger partial charge in [-0.25, -0.2) is 4.79 Å². The van der Waals surface area contributed by atoms with E-state index >= 15 is 0 Å². The SMILES string of the molecule is O=C1C=C2C[C@H]3[C@H](O)C[C@@]2(O1)[C@H]1CCCCN31. The smallest absolute Gasteiger partial charge is 0.331 e. The molecule has 17 heavy (non-hydrogen) atoms. The first-order valence-corrected chi connectivity index (χ1v) is 6.58. The maximum atomic E-state index is 11.6. The van der Waals surface area contributed by atoms with Crippen molar-refractivity contribution >= 4 is 5.97 Å². The molecule has 3 saturated heterocycles. The zero-order chi connectivity index (χ0) is 11.6. The van der Waals surface area contributed by atoms with Gasteiger partial charge in [0.25, 0.3) is 0 Å². The van der Waals surface area contributed by atoms with Crippen LogP contribution in [0, 0.1) is 0 Å². The molecule has 4 nitrogen and oxygen atoms in total. The minimum absolute atomic E-state index is 0.208. The van der Waals surface area contributed by atoms with Crippen LogP contribution in [0.4, 0.5) is 0 Å². The average molecular weight is 235 g/mol. The zero-order valence-corrected chi connectivity index (χ0v) is 9.76. The molecule has 1 saturated carbocycles. The van der Waals surface area contributed by atoms with Crippen molar-refractivity contribution in [3.05, 3.63) is 11.6 Å². The molecule has 4 atom stereocenters. The number of carbonyl (C=O) groups is 1. The number of aliphatic hydroxyl groups excluding tert-OH is 1. The maximum absolute atomic E-state index is 11.6. The van der Waals surface area contributed by atoms with Crippen LogP contribution in [0.1, 0.15) is 32.1 Å². The van der Waals surface area contributed by atoms with Crippen molar-refractivity contribution in [2.24, 2.45) is 0 Å². The van der Waals surface area contributed by atoms with E-state index in [2.05, 4.69) is 4.90 Å². The molecule has 4 heteroatoms. The van der Waals surface area contributed by atoms with E-state index in [1.165, 1.54) is 12.8 Å². The van der Waals surface area contributed by atoms with E-state index < -0.39 is 5.60 Å². The first kappa shape index (κ1) is 10.1. The number of piperidine rings is 3. The van der Waals surface area contributed by atoms with E-state index in [0.29, 0.717) is 12.5 Å². The van der Waals surface area contributed by atoms with E-state index in [4.69, 9.17) is 4.74 Å². The van der Waals surface area contributed by atoms with Crippen LogP contribution in [0.15, 0.2) is 11.6 Å². The Morgan fingerprint density at radius 3 is 3.24 bits per heavy atom. The molecule has 0 aromatic carbocycles. The Morgan fingerprint density at radius 1 is 1.47 bits per heavy atom. The fourth-order valence-electron chi connectivity index (χ4n) is 4.36. The number of esters is 1. The van der Waals surface area contributed by atoms with E-state index in [1.54, 1.807) is 6.08 Å². The molecule has 1 aliphatic carbocycles. The first-order chi connectivity index (χ1) is 8.21. The molecular formula is C13H17NO3. The molecule has 5 aliphatic rings. The highest BCUT2D eigenvalue weighted by Crippen LogP contribution is 2.53. The Labute approximate surface area is 100 Å². The highest BCUT2D eigenvalue weighted by molar-refractivity contribution is 5.87. The number of carbonyl (C=O) groups excluding carboxylic acids is 1. The molecular weight excluding hydrogens is 218 g/mol. The van der Waals surface area contributed by atoms with Gasteiger partial charge in [0.2, 0.25) is 0 Å². The average Bonchev–Trinajstić information content (AvgIpc) is 2.64. The molecule has 0 aromatic heterocycles. The standard InChI is InChI=1S/C13H17NO3/c15-10-7-13-8(6-12(16)17-13)5-9(10)14-4-2-1-3-11(13)14/h6,9-11,15H,1-5,7H2/t9-,10+,11+,13-/m0/s1. The Morgan fingerprint density at radius 2 is 2.35 bits per heavy atom. The molecule has 4 aliphatic heterocycles. The summed E-state index contributed by atoms with van der Waals surface area (Å²) >= 11 is 0. The Bertz CT molecular complexity index is 419. The summed E-state index contributed by atoms with van der Waals surface area (Å²) in [5.41, 5.74) is 0.659. The molecule has 92 valence electrons. The molecule has 1 spiro atoms. The van der Waals surface area contributed by atoms with Crippen molar-refractivity contribution < 1.29 is 14.6 Å². The highest BCUT2D eigenvalue weighted by atomic mass is 16.6. The number of rotatable bonds is 0. The zero-order valence-electron chi connectivity index (χ0n) is 9.76. The van der Waals surface area contributed by atoms with Gasteiger partial charge in [0.05, 0.1) is 12.1 Å². The molecule has 1 N–H and O–H groups in total. The van der Waals surface area contributed by atoms with Gasteiger partial charge in [0.1, 0.15) is 0 Å². The van der Waals surface area contributed by atoms with Crippen LogP contribution in [-0.4, -0.2) is 46.3 Å². The largest absolute Gasteiger partial charge is 0.450 e. The van der Waals surface area contributed by atoms with Crippen LogP contribution in [0.3, 0.4) is 0 Å². The van der Waals surface area contributed by atoms with E-state index in [9.17, 15) is 9.90 Å². The van der Waals surface area contributed by atoms with Gasteiger partial charge >= 0.3 is 5.97 Å². The lowest BCUT2D eigenvalue weighted by Crippen LogP contribution is -2.71. The van der Waals surface area contributed by atoms with Gasteiger partial charge in [-0.05, 0) is 31.4 Å². The third-order valence-electron chi connectivity index (χ3n) is 5.01. The number of hydrogen-bond acceptors (Lipinski definition) is 4. The predicted molar refractivity (Wildman–Crippen MR) is 60.3 cm³/mol. The third kappa shape index (κ3) is 1.13. The van der Waals surface area contributed by atoms with Crippen molar-refractivity contribution in [1.82, 2.24) is 4.90 Å². The second kappa shape index (κ2) is 3.12. The molecule has 0 aromatic rings. The van der Waals surface area contributed by atoms with Crippen LogP contribution in [0.5, 0.6) is 0 Å². The van der Waals surface area contributed by atoms with Gasteiger partial charge in [0, 0.05) is 18.5 Å². The number of hydrogen-bond donors (Lipinski definition) is 1. The van der Waals surface area contributed by atoms with Crippen molar-refractivity contribution in [2.45, 2.75) is 55.9 Å². The van der Waals surface area contributed by atoms with Crippen molar-refractivity contribution in [2.75, 3.05) is 6.54 Å². The van der Waals surface area contributed by atoms with Gasteiger partial charge in [-0.1, -0.05) is 6.42 Å². The van der Waals surface area contributed by atoms with Gasteiger partial charge in [-0.15, -0.1) is 0 Å². The van der Waals surface area contributed by atoms with E-state index in [1.807, 2.05) is 0 Å². The lowest BCUT2D eigenvalue weighted by Gasteiger charge is -2.60. The van der Waals surface area contributed by atoms with Crippen LogP contribution >= 0.6 is 0 Å². The maximum Gasteiger partial charge on any atom is 0.331 e. The molecule has 0 amide bonds. The topological polar surface area (TPSA) is 49.8 Å². The van der Waals surface area contributed by atoms with E-state index in [0.717, 1.165) is 25.0 Å². The Balaban J connectivity index is 1.82. The third-order valence-corrected chi connectivity index (χ3v) is 5.01. The molecule has 0 radical (unpaired) electrons. The van der Waals surface area contributed by atoms with Crippen LogP contribution in [-0.2, 0) is 9.53 Å². The Hall–Kier alpha value is -0.870.